The van der Waals surface area contributed by atoms with Gasteiger partial charge < -0.3 is 50.1 Å². The number of carbonyl (C=O) groups excluding carboxylic acids is 7. The molecule has 0 aromatic rings. The Morgan fingerprint density at radius 2 is 1.28 bits per heavy atom. The number of nitrogens with zero attached hydrogens (tertiary/aromatic N) is 3. The molecule has 67 heavy (non-hydrogen) atoms. The van der Waals surface area contributed by atoms with Crippen LogP contribution in [0.5, 0.6) is 0 Å². The molecule has 19 heteroatoms. The molecule has 1 saturated heterocycles. The molecule has 5 rings (SSSR count). The highest BCUT2D eigenvalue weighted by Gasteiger charge is 2.66. The lowest BCUT2D eigenvalue weighted by atomic mass is 9.55. The summed E-state index contributed by atoms with van der Waals surface area (Å²) < 4.78 is 0. The number of aliphatic imine (C=N–C) groups is 3. The number of allylic oxidation sites excluding steroid dienone is 6. The molecule has 1 fully saturated rings. The molecule has 5 aliphatic heterocycles. The highest BCUT2D eigenvalue weighted by Crippen LogP contribution is 2.62. The topological polar surface area (TPSA) is 357 Å². The third kappa shape index (κ3) is 9.84. The molecular weight excluding hydrogens is 859 g/mol. The number of aliphatic hydroxyl groups excluding tert-OH is 1. The van der Waals surface area contributed by atoms with Gasteiger partial charge in [-0.15, -0.1) is 0 Å². The molecular formula is C48H73N11O8. The molecule has 0 saturated carbocycles. The summed E-state index contributed by atoms with van der Waals surface area (Å²) in [7, 11) is 0. The van der Waals surface area contributed by atoms with E-state index in [0.29, 0.717) is 51.8 Å². The molecule has 15 N–H and O–H groups in total. The van der Waals surface area contributed by atoms with E-state index in [1.165, 1.54) is 0 Å². The van der Waals surface area contributed by atoms with Gasteiger partial charge in [0.1, 0.15) is 0 Å². The number of aliphatic hydroxyl groups is 1. The first-order chi connectivity index (χ1) is 30.9. The van der Waals surface area contributed by atoms with Gasteiger partial charge in [-0.3, -0.25) is 48.5 Å². The molecule has 0 aliphatic carbocycles. The van der Waals surface area contributed by atoms with Crippen LogP contribution in [0.2, 0.25) is 0 Å². The molecule has 5 heterocycles. The zero-order valence-electron chi connectivity index (χ0n) is 40.6. The Kier molecular flexibility index (Phi) is 14.9. The second-order valence-electron chi connectivity index (χ2n) is 21.2. The molecule has 7 amide bonds. The first kappa shape index (κ1) is 52.3. The third-order valence-corrected chi connectivity index (χ3v) is 16.1. The maximum absolute atomic E-state index is 13.5. The molecule has 5 aliphatic rings. The van der Waals surface area contributed by atoms with E-state index in [-0.39, 0.29) is 76.7 Å². The number of hydrogen-bond acceptors (Lipinski definition) is 12. The Morgan fingerprint density at radius 3 is 1.81 bits per heavy atom. The quantitative estimate of drug-likeness (QED) is 0.0857. The van der Waals surface area contributed by atoms with Gasteiger partial charge >= 0.3 is 0 Å². The predicted octanol–water partition coefficient (Wildman–Crippen LogP) is 1.74. The van der Waals surface area contributed by atoms with Gasteiger partial charge in [0, 0.05) is 131 Å². The van der Waals surface area contributed by atoms with Crippen molar-refractivity contribution in [2.24, 2.45) is 94.7 Å². The SMILES string of the molecule is CC1=C2N/C(=C\C3=NC(=C(/C)C4=N[C@@H]([C@H](CC(N)=O)[C@@]4(C)CCC(=O)NC[C@H](C)O)[C@]4(C)N=C1[C@@H](CCC(N)=O)[C@]4(C)CC(N)=O)/[C@@H](CCC(N)=O)C3(C)C)[C@@H](CCC(N)=O)[C@]2(C)CC(N)=O. The maximum atomic E-state index is 13.5. The number of fused-ring (bicyclic) bond motifs is 6. The third-order valence-electron chi connectivity index (χ3n) is 16.1. The Morgan fingerprint density at radius 1 is 0.731 bits per heavy atom. The molecule has 368 valence electrons. The maximum Gasteiger partial charge on any atom is 0.220 e. The number of nitrogens with two attached hydrogens (primary N) is 6. The van der Waals surface area contributed by atoms with Crippen LogP contribution in [0.1, 0.15) is 133 Å². The summed E-state index contributed by atoms with van der Waals surface area (Å²) in [4.78, 5) is 108. The molecule has 0 radical (unpaired) electrons. The summed E-state index contributed by atoms with van der Waals surface area (Å²) in [6.07, 6.45) is 1.23. The van der Waals surface area contributed by atoms with Crippen LogP contribution in [0.3, 0.4) is 0 Å². The number of rotatable bonds is 20. The van der Waals surface area contributed by atoms with Crippen LogP contribution in [0.15, 0.2) is 49.3 Å². The molecule has 0 aromatic carbocycles. The monoisotopic (exact) mass is 932 g/mol. The van der Waals surface area contributed by atoms with E-state index in [4.69, 9.17) is 49.4 Å². The highest BCUT2D eigenvalue weighted by molar-refractivity contribution is 6.10. The molecule has 0 aromatic heterocycles. The minimum Gasteiger partial charge on any atom is -0.392 e. The summed E-state index contributed by atoms with van der Waals surface area (Å²) in [5.41, 5.74) is 34.9. The lowest BCUT2D eigenvalue weighted by Crippen LogP contribution is -2.56. The van der Waals surface area contributed by atoms with Crippen LogP contribution in [0.25, 0.3) is 0 Å². The fraction of sp³-hybridized carbons (Fsp3) is 0.667. The van der Waals surface area contributed by atoms with Gasteiger partial charge in [0.25, 0.3) is 0 Å². The second kappa shape index (κ2) is 19.1. The van der Waals surface area contributed by atoms with Crippen LogP contribution in [0, 0.1) is 45.3 Å². The Labute approximate surface area is 393 Å². The largest absolute Gasteiger partial charge is 0.392 e. The van der Waals surface area contributed by atoms with E-state index in [1.807, 2.05) is 61.5 Å². The molecule has 0 spiro atoms. The lowest BCUT2D eigenvalue weighted by molar-refractivity contribution is -0.124. The number of hydrogen-bond donors (Lipinski definition) is 9. The van der Waals surface area contributed by atoms with Crippen LogP contribution in [-0.2, 0) is 33.6 Å². The van der Waals surface area contributed by atoms with E-state index in [0.717, 1.165) is 0 Å². The minimum atomic E-state index is -1.39. The van der Waals surface area contributed by atoms with Crippen molar-refractivity contribution < 1.29 is 38.7 Å². The van der Waals surface area contributed by atoms with Crippen molar-refractivity contribution in [1.29, 1.82) is 0 Å². The van der Waals surface area contributed by atoms with Crippen molar-refractivity contribution in [3.8, 4) is 0 Å². The molecule has 0 unspecified atom stereocenters. The zero-order chi connectivity index (χ0) is 50.4. The van der Waals surface area contributed by atoms with Gasteiger partial charge in [0.15, 0.2) is 0 Å². The minimum absolute atomic E-state index is 0.0237. The van der Waals surface area contributed by atoms with Gasteiger partial charge in [-0.1, -0.05) is 34.6 Å². The van der Waals surface area contributed by atoms with Crippen molar-refractivity contribution in [3.05, 3.63) is 34.3 Å². The van der Waals surface area contributed by atoms with Crippen LogP contribution in [0.4, 0.5) is 0 Å². The smallest absolute Gasteiger partial charge is 0.220 e. The predicted molar refractivity (Wildman–Crippen MR) is 254 cm³/mol. The first-order valence-corrected chi connectivity index (χ1v) is 23.3. The van der Waals surface area contributed by atoms with Gasteiger partial charge in [0.05, 0.1) is 17.7 Å². The van der Waals surface area contributed by atoms with Crippen LogP contribution >= 0.6 is 0 Å². The lowest BCUT2D eigenvalue weighted by Gasteiger charge is -2.48. The average molecular weight is 932 g/mol. The summed E-state index contributed by atoms with van der Waals surface area (Å²) in [6.45, 7) is 16.9. The highest BCUT2D eigenvalue weighted by atomic mass is 16.3. The van der Waals surface area contributed by atoms with E-state index >= 15 is 0 Å². The van der Waals surface area contributed by atoms with E-state index in [1.54, 1.807) is 6.92 Å². The number of primary amides is 6. The number of nitrogens with one attached hydrogen (secondary N) is 2. The van der Waals surface area contributed by atoms with Crippen molar-refractivity contribution in [1.82, 2.24) is 10.6 Å². The second-order valence-corrected chi connectivity index (χ2v) is 21.2. The van der Waals surface area contributed by atoms with Gasteiger partial charge in [-0.05, 0) is 70.6 Å². The Hall–Kier alpha value is -5.72. The zero-order valence-corrected chi connectivity index (χ0v) is 40.6. The fourth-order valence-electron chi connectivity index (χ4n) is 12.3. The average Bonchev–Trinajstić information content (AvgIpc) is 3.80. The van der Waals surface area contributed by atoms with Crippen molar-refractivity contribution >= 4 is 58.5 Å². The molecule has 10 atom stereocenters. The fourth-order valence-corrected chi connectivity index (χ4v) is 12.3. The van der Waals surface area contributed by atoms with Gasteiger partial charge in [0.2, 0.25) is 41.4 Å². The molecule has 19 nitrogen and oxygen atoms in total. The van der Waals surface area contributed by atoms with E-state index in [9.17, 15) is 38.7 Å². The molecule has 8 bridgehead atoms. The van der Waals surface area contributed by atoms with Crippen LogP contribution in [-0.4, -0.2) is 87.8 Å². The van der Waals surface area contributed by atoms with Crippen molar-refractivity contribution in [3.63, 3.8) is 0 Å². The van der Waals surface area contributed by atoms with E-state index < -0.39 is 98.5 Å². The Bertz CT molecular complexity index is 2310. The summed E-state index contributed by atoms with van der Waals surface area (Å²) in [5, 5.41) is 16.4. The number of amides is 7. The van der Waals surface area contributed by atoms with Gasteiger partial charge in [-0.2, -0.15) is 0 Å². The summed E-state index contributed by atoms with van der Waals surface area (Å²) >= 11 is 0. The summed E-state index contributed by atoms with van der Waals surface area (Å²) in [5.74, 6) is -6.25. The van der Waals surface area contributed by atoms with Crippen molar-refractivity contribution in [2.75, 3.05) is 6.54 Å². The van der Waals surface area contributed by atoms with Gasteiger partial charge in [-0.25, -0.2) is 0 Å². The summed E-state index contributed by atoms with van der Waals surface area (Å²) in [6, 6.07) is -0.913. The Balaban J connectivity index is 2.00. The van der Waals surface area contributed by atoms with Crippen LogP contribution < -0.4 is 45.0 Å². The number of carbonyl (C=O) groups is 7. The first-order valence-electron chi connectivity index (χ1n) is 23.3. The van der Waals surface area contributed by atoms with E-state index in [2.05, 4.69) is 10.6 Å². The standard InChI is InChI=1S/C48H73N11O8/c1-23(60)22-55-38(67)16-17-45(6)29(18-35(52)64)43-48(9)47(8,21-37(54)66)28(12-15-34(51)63)40(59-48)25(3)42-46(7,20-36(53)65)26(10-13-32(49)61)30(56-42)19-31-44(4,5)27(11-14-33(50)62)39(57-31)24(2)41(45)58-43/h19,23,26-29,43,56,60H,10-18,20-22H2,1-9H3,(H2,49,61)(H2,50,62)(H2,51,63)(H2,52,64)(H2,53,65)(H2,54,66)(H,55,67)/b30-19-,39-24-,42-25?/t23-,26+,27+,28+,29-,43-,45+,46-,47-,48-/m0/s1. The normalized spacial score (nSPS) is 34.1. The van der Waals surface area contributed by atoms with Crippen molar-refractivity contribution in [2.45, 2.75) is 151 Å².